The van der Waals surface area contributed by atoms with Crippen LogP contribution in [0.3, 0.4) is 0 Å². The van der Waals surface area contributed by atoms with E-state index in [-0.39, 0.29) is 19.2 Å². The maximum atomic E-state index is 15.3. The minimum atomic E-state index is -2.89. The van der Waals surface area contributed by atoms with Crippen molar-refractivity contribution in [2.24, 2.45) is 0 Å². The summed E-state index contributed by atoms with van der Waals surface area (Å²) in [4.78, 5) is 19.8. The molecule has 0 saturated carbocycles. The van der Waals surface area contributed by atoms with Crippen LogP contribution in [0.5, 0.6) is 0 Å². The summed E-state index contributed by atoms with van der Waals surface area (Å²) in [5.74, 6) is -3.92. The lowest BCUT2D eigenvalue weighted by Gasteiger charge is -2.38. The first-order valence-electron chi connectivity index (χ1n) is 14.0. The van der Waals surface area contributed by atoms with Crippen molar-refractivity contribution in [1.82, 2.24) is 25.4 Å². The van der Waals surface area contributed by atoms with Crippen molar-refractivity contribution in [2.75, 3.05) is 47.5 Å². The Labute approximate surface area is 243 Å². The second kappa shape index (κ2) is 16.0. The van der Waals surface area contributed by atoms with Gasteiger partial charge in [-0.05, 0) is 68.3 Å². The topological polar surface area (TPSA) is 80.7 Å². The molecule has 3 N–H and O–H groups in total. The van der Waals surface area contributed by atoms with Crippen LogP contribution in [0, 0.1) is 6.92 Å². The van der Waals surface area contributed by atoms with Crippen molar-refractivity contribution in [3.8, 4) is 0 Å². The summed E-state index contributed by atoms with van der Waals surface area (Å²) >= 11 is 0. The first-order valence-corrected chi connectivity index (χ1v) is 14.0. The highest BCUT2D eigenvalue weighted by atomic mass is 19.3. The van der Waals surface area contributed by atoms with E-state index in [4.69, 9.17) is 5.11 Å². The molecule has 1 atom stereocenters. The standard InChI is InChI=1S/C30H39F2N5O2.C2H6/c1-21(16-27-22(2)35-14-10-25(27)17-26(33-3)11-13-34-20-38)18-37-15-12-28(30(31,32)19-37)23-6-8-24(9-7-23)29(39)36(4)5;1-2/h6-11,13-14,16-17,28,33-34,38H,12,15,18-20H2,1-5H3;1-2H3/b13-11-,21-16+,26-17+;. The van der Waals surface area contributed by atoms with E-state index in [1.165, 1.54) is 4.90 Å². The first kappa shape index (κ1) is 33.6. The Balaban J connectivity index is 0.00000287. The smallest absolute Gasteiger partial charge is 0.267 e. The third kappa shape index (κ3) is 9.50. The fraction of sp³-hybridized carbons (Fsp3) is 0.438. The number of rotatable bonds is 10. The van der Waals surface area contributed by atoms with E-state index in [1.54, 1.807) is 55.7 Å². The molecule has 1 saturated heterocycles. The van der Waals surface area contributed by atoms with Crippen LogP contribution in [-0.4, -0.2) is 79.2 Å². The SMILES string of the molecule is CC.CNC(/C=C\NCO)=C/c1ccnc(C)c1/C=C(\C)CN1CCC(c2ccc(C(=O)N(C)C)cc2)C(F)(F)C1. The van der Waals surface area contributed by atoms with Crippen molar-refractivity contribution in [3.63, 3.8) is 0 Å². The van der Waals surface area contributed by atoms with Gasteiger partial charge >= 0.3 is 0 Å². The molecule has 3 rings (SSSR count). The highest BCUT2D eigenvalue weighted by molar-refractivity contribution is 5.93. The number of halogens is 2. The summed E-state index contributed by atoms with van der Waals surface area (Å²) < 4.78 is 30.6. The summed E-state index contributed by atoms with van der Waals surface area (Å²) in [6.45, 7) is 8.37. The van der Waals surface area contributed by atoms with E-state index in [0.29, 0.717) is 30.6 Å². The van der Waals surface area contributed by atoms with Crippen molar-refractivity contribution in [3.05, 3.63) is 88.0 Å². The number of aryl methyl sites for hydroxylation is 1. The minimum absolute atomic E-state index is 0.148. The molecule has 7 nitrogen and oxygen atoms in total. The number of piperidine rings is 1. The maximum Gasteiger partial charge on any atom is 0.267 e. The molecule has 1 aliphatic rings. The number of amides is 1. The Morgan fingerprint density at radius 1 is 1.20 bits per heavy atom. The van der Waals surface area contributed by atoms with Gasteiger partial charge in [-0.15, -0.1) is 0 Å². The second-order valence-corrected chi connectivity index (χ2v) is 10.1. The molecule has 41 heavy (non-hydrogen) atoms. The molecule has 224 valence electrons. The zero-order valence-electron chi connectivity index (χ0n) is 25.3. The molecule has 9 heteroatoms. The van der Waals surface area contributed by atoms with Gasteiger partial charge in [-0.2, -0.15) is 0 Å². The van der Waals surface area contributed by atoms with Crippen LogP contribution in [0.2, 0.25) is 0 Å². The largest absolute Gasteiger partial charge is 0.388 e. The number of benzene rings is 1. The summed E-state index contributed by atoms with van der Waals surface area (Å²) in [5.41, 5.74) is 5.56. The number of aliphatic hydroxyl groups excluding tert-OH is 1. The Bertz CT molecular complexity index is 1220. The number of hydrogen-bond donors (Lipinski definition) is 3. The summed E-state index contributed by atoms with van der Waals surface area (Å²) in [6.07, 6.45) is 9.53. The van der Waals surface area contributed by atoms with Gasteiger partial charge in [0.2, 0.25) is 0 Å². The van der Waals surface area contributed by atoms with E-state index >= 15 is 8.78 Å². The number of aliphatic hydroxyl groups is 1. The van der Waals surface area contributed by atoms with Gasteiger partial charge < -0.3 is 20.6 Å². The van der Waals surface area contributed by atoms with E-state index in [0.717, 1.165) is 28.1 Å². The van der Waals surface area contributed by atoms with Gasteiger partial charge in [0.1, 0.15) is 6.73 Å². The molecular formula is C32H45F2N5O2. The molecule has 1 aliphatic heterocycles. The first-order chi connectivity index (χ1) is 19.6. The van der Waals surface area contributed by atoms with Crippen LogP contribution in [0.15, 0.2) is 60.1 Å². The molecule has 0 spiro atoms. The Hall–Kier alpha value is -3.56. The molecule has 1 aromatic carbocycles. The van der Waals surface area contributed by atoms with Gasteiger partial charge in [0.05, 0.1) is 12.5 Å². The number of allylic oxidation sites excluding steroid dienone is 1. The highest BCUT2D eigenvalue weighted by Crippen LogP contribution is 2.40. The van der Waals surface area contributed by atoms with Crippen molar-refractivity contribution in [1.29, 1.82) is 0 Å². The predicted octanol–water partition coefficient (Wildman–Crippen LogP) is 5.26. The summed E-state index contributed by atoms with van der Waals surface area (Å²) in [7, 11) is 5.14. The molecule has 2 heterocycles. The van der Waals surface area contributed by atoms with Crippen LogP contribution in [0.25, 0.3) is 12.2 Å². The second-order valence-electron chi connectivity index (χ2n) is 10.1. The molecular weight excluding hydrogens is 524 g/mol. The third-order valence-corrected chi connectivity index (χ3v) is 6.80. The molecule has 1 fully saturated rings. The number of carbonyl (C=O) groups excluding carboxylic acids is 1. The Kier molecular flexibility index (Phi) is 13.2. The van der Waals surface area contributed by atoms with E-state index in [1.807, 2.05) is 59.0 Å². The fourth-order valence-electron chi connectivity index (χ4n) is 4.80. The molecule has 1 amide bonds. The van der Waals surface area contributed by atoms with Gasteiger partial charge in [-0.3, -0.25) is 14.7 Å². The maximum absolute atomic E-state index is 15.3. The Morgan fingerprint density at radius 3 is 2.46 bits per heavy atom. The number of hydrogen-bond acceptors (Lipinski definition) is 6. The Morgan fingerprint density at radius 2 is 1.88 bits per heavy atom. The lowest BCUT2D eigenvalue weighted by Crippen LogP contribution is -2.47. The number of alkyl halides is 2. The van der Waals surface area contributed by atoms with Crippen LogP contribution >= 0.6 is 0 Å². The zero-order valence-corrected chi connectivity index (χ0v) is 25.3. The number of likely N-dealkylation sites (N-methyl/N-ethyl adjacent to an activating group) is 1. The average molecular weight is 570 g/mol. The van der Waals surface area contributed by atoms with Gasteiger partial charge in [-0.1, -0.05) is 37.6 Å². The van der Waals surface area contributed by atoms with E-state index in [9.17, 15) is 4.79 Å². The number of nitrogens with zero attached hydrogens (tertiary/aromatic N) is 3. The molecule has 1 unspecified atom stereocenters. The van der Waals surface area contributed by atoms with Crippen molar-refractivity contribution < 1.29 is 18.7 Å². The molecule has 2 aromatic rings. The van der Waals surface area contributed by atoms with Crippen LogP contribution in [-0.2, 0) is 0 Å². The number of likely N-dealkylation sites (tertiary alicyclic amines) is 1. The monoisotopic (exact) mass is 569 g/mol. The minimum Gasteiger partial charge on any atom is -0.388 e. The number of nitrogens with one attached hydrogen (secondary N) is 2. The number of aromatic nitrogens is 1. The normalized spacial score (nSPS) is 17.6. The van der Waals surface area contributed by atoms with Crippen LogP contribution in [0.4, 0.5) is 8.78 Å². The lowest BCUT2D eigenvalue weighted by atomic mass is 9.85. The average Bonchev–Trinajstić information content (AvgIpc) is 2.94. The summed E-state index contributed by atoms with van der Waals surface area (Å²) in [6, 6.07) is 8.49. The van der Waals surface area contributed by atoms with Crippen LogP contribution < -0.4 is 10.6 Å². The predicted molar refractivity (Wildman–Crippen MR) is 164 cm³/mol. The zero-order chi connectivity index (χ0) is 30.6. The van der Waals surface area contributed by atoms with Gasteiger partial charge in [0.15, 0.2) is 0 Å². The molecule has 0 bridgehead atoms. The van der Waals surface area contributed by atoms with Crippen molar-refractivity contribution in [2.45, 2.75) is 46.0 Å². The fourth-order valence-corrected chi connectivity index (χ4v) is 4.80. The molecule has 1 aromatic heterocycles. The number of pyridine rings is 1. The van der Waals surface area contributed by atoms with Gasteiger partial charge in [-0.25, -0.2) is 8.78 Å². The van der Waals surface area contributed by atoms with Gasteiger partial charge in [0.25, 0.3) is 11.8 Å². The third-order valence-electron chi connectivity index (χ3n) is 6.80. The number of carbonyl (C=O) groups is 1. The lowest BCUT2D eigenvalue weighted by molar-refractivity contribution is -0.0805. The van der Waals surface area contributed by atoms with E-state index in [2.05, 4.69) is 15.6 Å². The van der Waals surface area contributed by atoms with Crippen LogP contribution in [0.1, 0.15) is 65.9 Å². The highest BCUT2D eigenvalue weighted by Gasteiger charge is 2.45. The van der Waals surface area contributed by atoms with Crippen molar-refractivity contribution >= 4 is 18.1 Å². The molecule has 0 radical (unpaired) electrons. The molecule has 0 aliphatic carbocycles. The quantitative estimate of drug-likeness (QED) is 0.268. The van der Waals surface area contributed by atoms with Gasteiger partial charge in [0, 0.05) is 62.6 Å². The van der Waals surface area contributed by atoms with E-state index < -0.39 is 11.8 Å². The summed E-state index contributed by atoms with van der Waals surface area (Å²) in [5, 5.41) is 14.8.